The Bertz CT molecular complexity index is 478. The molecule has 0 aliphatic rings. The maximum atomic E-state index is 5.93. The lowest BCUT2D eigenvalue weighted by atomic mass is 10.1. The summed E-state index contributed by atoms with van der Waals surface area (Å²) in [6.45, 7) is 4.25. The average Bonchev–Trinajstić information content (AvgIpc) is 2.68. The van der Waals surface area contributed by atoms with Crippen LogP contribution in [-0.2, 0) is 0 Å². The van der Waals surface area contributed by atoms with Gasteiger partial charge < -0.3 is 5.32 Å². The van der Waals surface area contributed by atoms with Crippen LogP contribution in [0.3, 0.4) is 0 Å². The first-order valence-corrected chi connectivity index (χ1v) is 6.48. The first-order chi connectivity index (χ1) is 7.66. The number of hydrogen-bond acceptors (Lipinski definition) is 2. The molecular formula is C13H14ClNS. The van der Waals surface area contributed by atoms with Crippen molar-refractivity contribution in [1.29, 1.82) is 0 Å². The van der Waals surface area contributed by atoms with Gasteiger partial charge in [-0.2, -0.15) is 0 Å². The maximum Gasteiger partial charge on any atom is 0.0931 e. The second kappa shape index (κ2) is 4.89. The molecule has 1 nitrogen and oxygen atoms in total. The van der Waals surface area contributed by atoms with E-state index >= 15 is 0 Å². The molecule has 1 aromatic carbocycles. The fraction of sp³-hybridized carbons (Fsp3) is 0.231. The molecule has 0 fully saturated rings. The van der Waals surface area contributed by atoms with Crippen LogP contribution in [0.15, 0.2) is 35.7 Å². The van der Waals surface area contributed by atoms with Gasteiger partial charge in [0.15, 0.2) is 0 Å². The molecule has 16 heavy (non-hydrogen) atoms. The second-order valence-electron chi connectivity index (χ2n) is 3.87. The summed E-state index contributed by atoms with van der Waals surface area (Å²) in [5.41, 5.74) is 3.67. The molecule has 0 saturated heterocycles. The molecular weight excluding hydrogens is 238 g/mol. The highest BCUT2D eigenvalue weighted by molar-refractivity contribution is 7.14. The molecule has 0 aliphatic heterocycles. The van der Waals surface area contributed by atoms with Crippen LogP contribution < -0.4 is 5.32 Å². The Balaban J connectivity index is 2.13. The van der Waals surface area contributed by atoms with Crippen LogP contribution in [-0.4, -0.2) is 0 Å². The van der Waals surface area contributed by atoms with E-state index in [9.17, 15) is 0 Å². The van der Waals surface area contributed by atoms with E-state index in [-0.39, 0.29) is 6.04 Å². The zero-order valence-electron chi connectivity index (χ0n) is 9.33. The zero-order valence-corrected chi connectivity index (χ0v) is 10.9. The number of thiophene rings is 1. The molecule has 0 saturated carbocycles. The van der Waals surface area contributed by atoms with Crippen LogP contribution in [0.1, 0.15) is 24.1 Å². The number of rotatable bonds is 3. The van der Waals surface area contributed by atoms with E-state index in [1.54, 1.807) is 11.3 Å². The summed E-state index contributed by atoms with van der Waals surface area (Å²) in [6.07, 6.45) is 0. The first-order valence-electron chi connectivity index (χ1n) is 5.23. The molecule has 1 heterocycles. The summed E-state index contributed by atoms with van der Waals surface area (Å²) in [6, 6.07) is 10.6. The third-order valence-corrected chi connectivity index (χ3v) is 3.71. The van der Waals surface area contributed by atoms with Crippen molar-refractivity contribution in [3.8, 4) is 0 Å². The molecule has 0 spiro atoms. The Kier molecular flexibility index (Phi) is 3.52. The molecule has 84 valence electrons. The Morgan fingerprint density at radius 2 is 2.06 bits per heavy atom. The van der Waals surface area contributed by atoms with E-state index in [0.717, 1.165) is 4.34 Å². The van der Waals surface area contributed by atoms with Gasteiger partial charge in [0, 0.05) is 11.7 Å². The lowest BCUT2D eigenvalue weighted by Gasteiger charge is -2.15. The molecule has 0 aliphatic carbocycles. The van der Waals surface area contributed by atoms with Gasteiger partial charge in [-0.3, -0.25) is 0 Å². The monoisotopic (exact) mass is 251 g/mol. The maximum absolute atomic E-state index is 5.93. The summed E-state index contributed by atoms with van der Waals surface area (Å²) in [4.78, 5) is 0. The molecule has 1 atom stereocenters. The van der Waals surface area contributed by atoms with Gasteiger partial charge in [0.25, 0.3) is 0 Å². The quantitative estimate of drug-likeness (QED) is 0.820. The zero-order chi connectivity index (χ0) is 11.5. The highest BCUT2D eigenvalue weighted by atomic mass is 35.5. The standard InChI is InChI=1S/C13H14ClNS/c1-9-5-3-4-6-12(9)15-10(2)11-7-13(14)16-8-11/h3-8,10,15H,1-2H3. The third-order valence-electron chi connectivity index (χ3n) is 2.60. The van der Waals surface area contributed by atoms with Crippen LogP contribution in [0, 0.1) is 6.92 Å². The largest absolute Gasteiger partial charge is 0.378 e. The third kappa shape index (κ3) is 2.57. The van der Waals surface area contributed by atoms with E-state index in [2.05, 4.69) is 36.7 Å². The molecule has 2 aromatic rings. The highest BCUT2D eigenvalue weighted by Gasteiger charge is 2.08. The van der Waals surface area contributed by atoms with E-state index < -0.39 is 0 Å². The average molecular weight is 252 g/mol. The number of benzene rings is 1. The normalized spacial score (nSPS) is 12.4. The van der Waals surface area contributed by atoms with Gasteiger partial charge in [0.05, 0.1) is 4.34 Å². The fourth-order valence-electron chi connectivity index (χ4n) is 1.60. The molecule has 3 heteroatoms. The second-order valence-corrected chi connectivity index (χ2v) is 5.41. The highest BCUT2D eigenvalue weighted by Crippen LogP contribution is 2.27. The SMILES string of the molecule is Cc1ccccc1NC(C)c1csc(Cl)c1. The minimum atomic E-state index is 0.282. The van der Waals surface area contributed by atoms with Gasteiger partial charge >= 0.3 is 0 Å². The molecule has 0 amide bonds. The number of aryl methyl sites for hydroxylation is 1. The van der Waals surface area contributed by atoms with Crippen molar-refractivity contribution in [2.75, 3.05) is 5.32 Å². The number of nitrogens with one attached hydrogen (secondary N) is 1. The summed E-state index contributed by atoms with van der Waals surface area (Å²) in [5.74, 6) is 0. The minimum Gasteiger partial charge on any atom is -0.378 e. The van der Waals surface area contributed by atoms with Crippen molar-refractivity contribution in [3.05, 3.63) is 51.2 Å². The Morgan fingerprint density at radius 3 is 2.69 bits per heavy atom. The fourth-order valence-corrected chi connectivity index (χ4v) is 2.59. The van der Waals surface area contributed by atoms with Crippen LogP contribution in [0.25, 0.3) is 0 Å². The van der Waals surface area contributed by atoms with Crippen LogP contribution in [0.5, 0.6) is 0 Å². The van der Waals surface area contributed by atoms with Gasteiger partial charge in [0.1, 0.15) is 0 Å². The molecule has 0 bridgehead atoms. The molecule has 1 N–H and O–H groups in total. The minimum absolute atomic E-state index is 0.282. The van der Waals surface area contributed by atoms with Crippen molar-refractivity contribution in [1.82, 2.24) is 0 Å². The van der Waals surface area contributed by atoms with Gasteiger partial charge in [-0.25, -0.2) is 0 Å². The summed E-state index contributed by atoms with van der Waals surface area (Å²) < 4.78 is 0.841. The van der Waals surface area contributed by atoms with E-state index in [4.69, 9.17) is 11.6 Å². The molecule has 2 rings (SSSR count). The van der Waals surface area contributed by atoms with Gasteiger partial charge in [0.2, 0.25) is 0 Å². The van der Waals surface area contributed by atoms with Crippen molar-refractivity contribution in [2.45, 2.75) is 19.9 Å². The van der Waals surface area contributed by atoms with E-state index in [1.165, 1.54) is 16.8 Å². The summed E-state index contributed by atoms with van der Waals surface area (Å²) in [5, 5.41) is 5.58. The number of para-hydroxylation sites is 1. The van der Waals surface area contributed by atoms with E-state index in [0.29, 0.717) is 0 Å². The summed E-state index contributed by atoms with van der Waals surface area (Å²) in [7, 11) is 0. The Morgan fingerprint density at radius 1 is 1.31 bits per heavy atom. The first kappa shape index (κ1) is 11.5. The van der Waals surface area contributed by atoms with Crippen molar-refractivity contribution in [3.63, 3.8) is 0 Å². The predicted molar refractivity (Wildman–Crippen MR) is 72.5 cm³/mol. The predicted octanol–water partition coefficient (Wildman–Crippen LogP) is 4.88. The van der Waals surface area contributed by atoms with Gasteiger partial charge in [-0.05, 0) is 42.5 Å². The smallest absolute Gasteiger partial charge is 0.0931 e. The topological polar surface area (TPSA) is 12.0 Å². The van der Waals surface area contributed by atoms with Gasteiger partial charge in [-0.15, -0.1) is 11.3 Å². The number of halogens is 1. The lowest BCUT2D eigenvalue weighted by molar-refractivity contribution is 0.888. The Hall–Kier alpha value is -0.990. The summed E-state index contributed by atoms with van der Waals surface area (Å²) >= 11 is 7.50. The number of hydrogen-bond donors (Lipinski definition) is 1. The number of anilines is 1. The van der Waals surface area contributed by atoms with Crippen LogP contribution in [0.4, 0.5) is 5.69 Å². The van der Waals surface area contributed by atoms with Crippen LogP contribution >= 0.6 is 22.9 Å². The molecule has 1 aromatic heterocycles. The molecule has 1 unspecified atom stereocenters. The van der Waals surface area contributed by atoms with Crippen molar-refractivity contribution >= 4 is 28.6 Å². The van der Waals surface area contributed by atoms with Crippen LogP contribution in [0.2, 0.25) is 4.34 Å². The van der Waals surface area contributed by atoms with Gasteiger partial charge in [-0.1, -0.05) is 29.8 Å². The molecule has 0 radical (unpaired) electrons. The lowest BCUT2D eigenvalue weighted by Crippen LogP contribution is -2.06. The van der Waals surface area contributed by atoms with Crippen molar-refractivity contribution < 1.29 is 0 Å². The Labute approximate surface area is 105 Å². The van der Waals surface area contributed by atoms with Crippen molar-refractivity contribution in [2.24, 2.45) is 0 Å². The van der Waals surface area contributed by atoms with E-state index in [1.807, 2.05) is 18.2 Å².